The molecule has 0 fully saturated rings. The Kier molecular flexibility index (Phi) is 4.82. The minimum atomic E-state index is -0.189. The number of hydrogen-bond donors (Lipinski definition) is 0. The molecule has 0 amide bonds. The lowest BCUT2D eigenvalue weighted by atomic mass is 9.87. The van der Waals surface area contributed by atoms with Crippen LogP contribution in [0.5, 0.6) is 0 Å². The minimum absolute atomic E-state index is 0.189. The molecule has 1 aliphatic heterocycles. The summed E-state index contributed by atoms with van der Waals surface area (Å²) in [4.78, 5) is 2.42. The van der Waals surface area contributed by atoms with Gasteiger partial charge in [0, 0.05) is 16.7 Å². The van der Waals surface area contributed by atoms with Gasteiger partial charge in [-0.3, -0.25) is 0 Å². The lowest BCUT2D eigenvalue weighted by molar-refractivity contribution is 0.577. The highest BCUT2D eigenvalue weighted by molar-refractivity contribution is 9.10. The highest BCUT2D eigenvalue weighted by atomic mass is 79.9. The Morgan fingerprint density at radius 3 is 2.46 bits per heavy atom. The monoisotopic (exact) mass is 409 g/mol. The summed E-state index contributed by atoms with van der Waals surface area (Å²) in [5, 5.41) is 0. The van der Waals surface area contributed by atoms with Gasteiger partial charge in [-0.2, -0.15) is 0 Å². The SMILES string of the molecule is Cc1ccc2c(c1)CCN(c1ccc(F)cc1)C2Cc1ccc(Br)cc1. The van der Waals surface area contributed by atoms with Gasteiger partial charge in [0.05, 0.1) is 6.04 Å². The van der Waals surface area contributed by atoms with E-state index in [1.54, 1.807) is 12.1 Å². The van der Waals surface area contributed by atoms with E-state index in [0.717, 1.165) is 29.5 Å². The number of rotatable bonds is 3. The van der Waals surface area contributed by atoms with Crippen LogP contribution in [-0.4, -0.2) is 6.54 Å². The van der Waals surface area contributed by atoms with Crippen molar-refractivity contribution in [2.75, 3.05) is 11.4 Å². The smallest absolute Gasteiger partial charge is 0.123 e. The lowest BCUT2D eigenvalue weighted by Crippen LogP contribution is -2.36. The van der Waals surface area contributed by atoms with Crippen molar-refractivity contribution < 1.29 is 4.39 Å². The number of benzene rings is 3. The first kappa shape index (κ1) is 17.3. The second-order valence-corrected chi connectivity index (χ2v) is 7.88. The highest BCUT2D eigenvalue weighted by Crippen LogP contribution is 2.36. The van der Waals surface area contributed by atoms with Gasteiger partial charge in [-0.05, 0) is 72.9 Å². The van der Waals surface area contributed by atoms with Gasteiger partial charge >= 0.3 is 0 Å². The number of halogens is 2. The number of anilines is 1. The topological polar surface area (TPSA) is 3.24 Å². The van der Waals surface area contributed by atoms with E-state index >= 15 is 0 Å². The number of aryl methyl sites for hydroxylation is 1. The van der Waals surface area contributed by atoms with Crippen LogP contribution in [0.25, 0.3) is 0 Å². The zero-order chi connectivity index (χ0) is 18.1. The van der Waals surface area contributed by atoms with E-state index in [2.05, 4.69) is 70.2 Å². The third-order valence-corrected chi connectivity index (χ3v) is 5.68. The fourth-order valence-electron chi connectivity index (χ4n) is 3.85. The summed E-state index contributed by atoms with van der Waals surface area (Å²) in [7, 11) is 0. The van der Waals surface area contributed by atoms with Crippen LogP contribution in [0.4, 0.5) is 10.1 Å². The van der Waals surface area contributed by atoms with Gasteiger partial charge < -0.3 is 4.90 Å². The van der Waals surface area contributed by atoms with E-state index in [1.807, 2.05) is 12.1 Å². The number of nitrogens with zero attached hydrogens (tertiary/aromatic N) is 1. The second-order valence-electron chi connectivity index (χ2n) is 6.97. The molecule has 0 aromatic heterocycles. The molecule has 1 unspecified atom stereocenters. The van der Waals surface area contributed by atoms with E-state index in [9.17, 15) is 4.39 Å². The predicted molar refractivity (Wildman–Crippen MR) is 109 cm³/mol. The van der Waals surface area contributed by atoms with Crippen molar-refractivity contribution in [1.29, 1.82) is 0 Å². The summed E-state index contributed by atoms with van der Waals surface area (Å²) in [5.41, 5.74) is 6.51. The first-order valence-corrected chi connectivity index (χ1v) is 9.75. The molecule has 1 atom stereocenters. The van der Waals surface area contributed by atoms with Crippen molar-refractivity contribution in [1.82, 2.24) is 0 Å². The summed E-state index contributed by atoms with van der Waals surface area (Å²) < 4.78 is 14.5. The van der Waals surface area contributed by atoms with Gasteiger partial charge in [0.25, 0.3) is 0 Å². The second kappa shape index (κ2) is 7.24. The fraction of sp³-hybridized carbons (Fsp3) is 0.217. The van der Waals surface area contributed by atoms with Gasteiger partial charge in [-0.25, -0.2) is 4.39 Å². The van der Waals surface area contributed by atoms with Gasteiger partial charge in [-0.15, -0.1) is 0 Å². The van der Waals surface area contributed by atoms with Crippen LogP contribution in [0.15, 0.2) is 71.2 Å². The van der Waals surface area contributed by atoms with E-state index < -0.39 is 0 Å². The van der Waals surface area contributed by atoms with Gasteiger partial charge in [0.15, 0.2) is 0 Å². The molecule has 1 aliphatic rings. The number of fused-ring (bicyclic) bond motifs is 1. The molecule has 0 spiro atoms. The third-order valence-electron chi connectivity index (χ3n) is 5.16. The van der Waals surface area contributed by atoms with Crippen molar-refractivity contribution in [2.45, 2.75) is 25.8 Å². The van der Waals surface area contributed by atoms with E-state index in [0.29, 0.717) is 0 Å². The highest BCUT2D eigenvalue weighted by Gasteiger charge is 2.27. The van der Waals surface area contributed by atoms with Crippen molar-refractivity contribution in [3.8, 4) is 0 Å². The Morgan fingerprint density at radius 1 is 1.00 bits per heavy atom. The van der Waals surface area contributed by atoms with Crippen LogP contribution in [0.3, 0.4) is 0 Å². The zero-order valence-corrected chi connectivity index (χ0v) is 16.3. The van der Waals surface area contributed by atoms with Crippen LogP contribution >= 0.6 is 15.9 Å². The molecule has 0 saturated heterocycles. The van der Waals surface area contributed by atoms with E-state index in [-0.39, 0.29) is 11.9 Å². The molecule has 3 aromatic rings. The molecule has 3 aromatic carbocycles. The lowest BCUT2D eigenvalue weighted by Gasteiger charge is -2.39. The van der Waals surface area contributed by atoms with E-state index in [4.69, 9.17) is 0 Å². The van der Waals surface area contributed by atoms with Crippen LogP contribution in [0.2, 0.25) is 0 Å². The normalized spacial score (nSPS) is 16.4. The molecule has 0 saturated carbocycles. The van der Waals surface area contributed by atoms with Crippen molar-refractivity contribution in [2.24, 2.45) is 0 Å². The largest absolute Gasteiger partial charge is 0.364 e. The quantitative estimate of drug-likeness (QED) is 0.494. The molecule has 0 N–H and O–H groups in total. The Bertz CT molecular complexity index is 902. The van der Waals surface area contributed by atoms with Crippen molar-refractivity contribution in [3.63, 3.8) is 0 Å². The van der Waals surface area contributed by atoms with Crippen molar-refractivity contribution in [3.05, 3.63) is 99.3 Å². The standard InChI is InChI=1S/C23H21BrFN/c1-16-2-11-22-18(14-16)12-13-26(21-9-7-20(25)8-10-21)23(22)15-17-3-5-19(24)6-4-17/h2-11,14,23H,12-13,15H2,1H3. The molecular weight excluding hydrogens is 389 g/mol. The minimum Gasteiger partial charge on any atom is -0.364 e. The maximum absolute atomic E-state index is 13.4. The van der Waals surface area contributed by atoms with E-state index in [1.165, 1.54) is 22.3 Å². The Morgan fingerprint density at radius 2 is 1.73 bits per heavy atom. The zero-order valence-electron chi connectivity index (χ0n) is 14.8. The maximum Gasteiger partial charge on any atom is 0.123 e. The van der Waals surface area contributed by atoms with Crippen molar-refractivity contribution >= 4 is 21.6 Å². The van der Waals surface area contributed by atoms with Gasteiger partial charge in [0.1, 0.15) is 5.82 Å². The fourth-order valence-corrected chi connectivity index (χ4v) is 4.11. The molecule has 26 heavy (non-hydrogen) atoms. The molecule has 1 heterocycles. The van der Waals surface area contributed by atoms with Crippen LogP contribution in [-0.2, 0) is 12.8 Å². The summed E-state index contributed by atoms with van der Waals surface area (Å²) in [5.74, 6) is -0.189. The predicted octanol–water partition coefficient (Wildman–Crippen LogP) is 6.24. The first-order valence-electron chi connectivity index (χ1n) is 8.96. The summed E-state index contributed by atoms with van der Waals surface area (Å²) in [6.45, 7) is 3.10. The molecule has 132 valence electrons. The summed E-state index contributed by atoms with van der Waals surface area (Å²) >= 11 is 3.51. The van der Waals surface area contributed by atoms with Gasteiger partial charge in [0.2, 0.25) is 0 Å². The van der Waals surface area contributed by atoms with Gasteiger partial charge in [-0.1, -0.05) is 51.8 Å². The molecule has 4 rings (SSSR count). The first-order chi connectivity index (χ1) is 12.6. The molecule has 1 nitrogen and oxygen atoms in total. The molecule has 0 bridgehead atoms. The Labute approximate surface area is 162 Å². The molecule has 0 aliphatic carbocycles. The maximum atomic E-state index is 13.4. The molecular formula is C23H21BrFN. The third kappa shape index (κ3) is 3.54. The summed E-state index contributed by atoms with van der Waals surface area (Å²) in [6.07, 6.45) is 1.95. The van der Waals surface area contributed by atoms with Crippen LogP contribution in [0.1, 0.15) is 28.3 Å². The van der Waals surface area contributed by atoms with Crippen LogP contribution < -0.4 is 4.90 Å². The Balaban J connectivity index is 1.74. The summed E-state index contributed by atoms with van der Waals surface area (Å²) in [6, 6.07) is 22.5. The Hall–Kier alpha value is -2.13. The average molecular weight is 410 g/mol. The van der Waals surface area contributed by atoms with Crippen LogP contribution in [0, 0.1) is 12.7 Å². The number of hydrogen-bond acceptors (Lipinski definition) is 1. The molecule has 0 radical (unpaired) electrons. The molecule has 3 heteroatoms. The average Bonchev–Trinajstić information content (AvgIpc) is 2.64.